The molecule has 0 unspecified atom stereocenters. The first kappa shape index (κ1) is 15.2. The van der Waals surface area contributed by atoms with Gasteiger partial charge in [0.15, 0.2) is 0 Å². The highest BCUT2D eigenvalue weighted by Crippen LogP contribution is 2.29. The van der Waals surface area contributed by atoms with Crippen molar-refractivity contribution in [3.8, 4) is 5.75 Å². The molecule has 3 nitrogen and oxygen atoms in total. The predicted molar refractivity (Wildman–Crippen MR) is 94.5 cm³/mol. The van der Waals surface area contributed by atoms with Crippen LogP contribution in [0, 0.1) is 6.92 Å². The number of fused-ring (bicyclic) bond motifs is 1. The van der Waals surface area contributed by atoms with Gasteiger partial charge in [-0.3, -0.25) is 0 Å². The molecule has 1 N–H and O–H groups in total. The molecule has 3 heteroatoms. The fourth-order valence-corrected chi connectivity index (χ4v) is 2.66. The molecule has 0 amide bonds. The van der Waals surface area contributed by atoms with Gasteiger partial charge in [0.25, 0.3) is 0 Å². The molecule has 3 aromatic rings. The van der Waals surface area contributed by atoms with Crippen molar-refractivity contribution in [3.63, 3.8) is 0 Å². The summed E-state index contributed by atoms with van der Waals surface area (Å²) in [7, 11) is 0. The Morgan fingerprint density at radius 2 is 1.91 bits per heavy atom. The number of rotatable bonds is 6. The lowest BCUT2D eigenvalue weighted by molar-refractivity contribution is 0.298. The minimum atomic E-state index is 0.564. The molecule has 1 aromatic heterocycles. The lowest BCUT2D eigenvalue weighted by atomic mass is 10.1. The smallest absolute Gasteiger partial charge is 0.135 e. The van der Waals surface area contributed by atoms with Gasteiger partial charge in [-0.2, -0.15) is 0 Å². The van der Waals surface area contributed by atoms with Crippen LogP contribution in [0.15, 0.2) is 55.1 Å². The van der Waals surface area contributed by atoms with E-state index in [1.807, 2.05) is 37.3 Å². The summed E-state index contributed by atoms with van der Waals surface area (Å²) in [4.78, 5) is 3.37. The molecule has 0 atom stereocenters. The average molecular weight is 307 g/mol. The first-order valence-corrected chi connectivity index (χ1v) is 7.80. The topological polar surface area (TPSA) is 34.2 Å². The number of hydrogen-bond acceptors (Lipinski definition) is 2. The van der Waals surface area contributed by atoms with Crippen molar-refractivity contribution in [1.82, 2.24) is 4.98 Å². The Kier molecular flexibility index (Phi) is 4.38. The minimum absolute atomic E-state index is 0.564. The summed E-state index contributed by atoms with van der Waals surface area (Å²) in [6.07, 6.45) is 0. The van der Waals surface area contributed by atoms with Crippen LogP contribution in [-0.4, -0.2) is 11.6 Å². The number of aromatic nitrogens is 1. The zero-order valence-corrected chi connectivity index (χ0v) is 13.6. The average Bonchev–Trinajstić information content (AvgIpc) is 2.91. The van der Waals surface area contributed by atoms with Gasteiger partial charge in [-0.05, 0) is 43.2 Å². The zero-order chi connectivity index (χ0) is 16.2. The molecule has 23 heavy (non-hydrogen) atoms. The third-order valence-corrected chi connectivity index (χ3v) is 3.88. The Hall–Kier alpha value is -2.68. The van der Waals surface area contributed by atoms with Crippen LogP contribution in [0.4, 0.5) is 0 Å². The van der Waals surface area contributed by atoms with Gasteiger partial charge < -0.3 is 14.5 Å². The van der Waals surface area contributed by atoms with Gasteiger partial charge in [0.05, 0.1) is 12.3 Å². The fraction of sp³-hybridized carbons (Fsp3) is 0.200. The van der Waals surface area contributed by atoms with Gasteiger partial charge in [0.1, 0.15) is 18.1 Å². The molecular formula is C20H21NO2. The first-order valence-electron chi connectivity index (χ1n) is 7.80. The lowest BCUT2D eigenvalue weighted by Crippen LogP contribution is -1.94. The molecule has 0 saturated carbocycles. The second-order valence-electron chi connectivity index (χ2n) is 5.46. The van der Waals surface area contributed by atoms with Crippen molar-refractivity contribution in [2.24, 2.45) is 0 Å². The molecule has 1 heterocycles. The standard InChI is InChI=1S/C20H21NO2/c1-4-22-15(3)20-14(2)18-12-17(10-11-19(18)21-20)23-13-16-8-6-5-7-9-16/h5-12,21H,3-4,13H2,1-2H3. The van der Waals surface area contributed by atoms with Crippen molar-refractivity contribution in [2.45, 2.75) is 20.5 Å². The summed E-state index contributed by atoms with van der Waals surface area (Å²) >= 11 is 0. The highest BCUT2D eigenvalue weighted by Gasteiger charge is 2.12. The quantitative estimate of drug-likeness (QED) is 0.646. The number of hydrogen-bond donors (Lipinski definition) is 1. The van der Waals surface area contributed by atoms with E-state index in [1.165, 1.54) is 0 Å². The third-order valence-electron chi connectivity index (χ3n) is 3.88. The van der Waals surface area contributed by atoms with Crippen molar-refractivity contribution in [1.29, 1.82) is 0 Å². The summed E-state index contributed by atoms with van der Waals surface area (Å²) in [5.41, 5.74) is 4.29. The molecule has 0 radical (unpaired) electrons. The second kappa shape index (κ2) is 6.61. The summed E-state index contributed by atoms with van der Waals surface area (Å²) in [5, 5.41) is 1.13. The van der Waals surface area contributed by atoms with Crippen molar-refractivity contribution >= 4 is 16.7 Å². The zero-order valence-electron chi connectivity index (χ0n) is 13.6. The number of H-pyrrole nitrogens is 1. The predicted octanol–water partition coefficient (Wildman–Crippen LogP) is 5.06. The molecule has 0 aliphatic rings. The van der Waals surface area contributed by atoms with Crippen LogP contribution in [0.2, 0.25) is 0 Å². The van der Waals surface area contributed by atoms with E-state index in [1.54, 1.807) is 0 Å². The van der Waals surface area contributed by atoms with Gasteiger partial charge in [0, 0.05) is 10.9 Å². The van der Waals surface area contributed by atoms with Gasteiger partial charge in [0.2, 0.25) is 0 Å². The van der Waals surface area contributed by atoms with Gasteiger partial charge in [-0.25, -0.2) is 0 Å². The van der Waals surface area contributed by atoms with E-state index < -0.39 is 0 Å². The Morgan fingerprint density at radius 1 is 1.13 bits per heavy atom. The van der Waals surface area contributed by atoms with E-state index in [-0.39, 0.29) is 0 Å². The maximum atomic E-state index is 5.90. The van der Waals surface area contributed by atoms with Crippen LogP contribution < -0.4 is 4.74 Å². The summed E-state index contributed by atoms with van der Waals surface area (Å²) in [6.45, 7) is 9.18. The third kappa shape index (κ3) is 3.24. The number of aromatic amines is 1. The monoisotopic (exact) mass is 307 g/mol. The van der Waals surface area contributed by atoms with Crippen LogP contribution in [0.25, 0.3) is 16.7 Å². The van der Waals surface area contributed by atoms with E-state index in [9.17, 15) is 0 Å². The fourth-order valence-electron chi connectivity index (χ4n) is 2.66. The Balaban J connectivity index is 1.84. The van der Waals surface area contributed by atoms with Crippen LogP contribution >= 0.6 is 0 Å². The van der Waals surface area contributed by atoms with Crippen molar-refractivity contribution in [2.75, 3.05) is 6.61 Å². The van der Waals surface area contributed by atoms with E-state index in [0.717, 1.165) is 33.5 Å². The molecule has 0 saturated heterocycles. The molecular weight excluding hydrogens is 286 g/mol. The van der Waals surface area contributed by atoms with Gasteiger partial charge in [-0.15, -0.1) is 0 Å². The first-order chi connectivity index (χ1) is 11.2. The SMILES string of the molecule is C=C(OCC)c1[nH]c2ccc(OCc3ccccc3)cc2c1C. The second-order valence-corrected chi connectivity index (χ2v) is 5.46. The van der Waals surface area contributed by atoms with E-state index in [4.69, 9.17) is 9.47 Å². The summed E-state index contributed by atoms with van der Waals surface area (Å²) < 4.78 is 11.4. The highest BCUT2D eigenvalue weighted by molar-refractivity contribution is 5.89. The van der Waals surface area contributed by atoms with Crippen molar-refractivity contribution in [3.05, 3.63) is 71.9 Å². The number of nitrogens with one attached hydrogen (secondary N) is 1. The van der Waals surface area contributed by atoms with Crippen LogP contribution in [0.1, 0.15) is 23.7 Å². The maximum Gasteiger partial charge on any atom is 0.135 e. The van der Waals surface area contributed by atoms with E-state index in [2.05, 4.69) is 36.7 Å². The molecule has 0 bridgehead atoms. The minimum Gasteiger partial charge on any atom is -0.492 e. The Bertz CT molecular complexity index is 818. The highest BCUT2D eigenvalue weighted by atomic mass is 16.5. The number of ether oxygens (including phenoxy) is 2. The number of benzene rings is 2. The normalized spacial score (nSPS) is 10.7. The lowest BCUT2D eigenvalue weighted by Gasteiger charge is -2.06. The Morgan fingerprint density at radius 3 is 2.65 bits per heavy atom. The Labute approximate surface area is 136 Å². The van der Waals surface area contributed by atoms with E-state index in [0.29, 0.717) is 19.0 Å². The molecule has 3 rings (SSSR count). The molecule has 0 aliphatic heterocycles. The largest absolute Gasteiger partial charge is 0.492 e. The van der Waals surface area contributed by atoms with E-state index >= 15 is 0 Å². The molecule has 2 aromatic carbocycles. The molecule has 118 valence electrons. The van der Waals surface area contributed by atoms with Gasteiger partial charge >= 0.3 is 0 Å². The molecule has 0 spiro atoms. The van der Waals surface area contributed by atoms with Gasteiger partial charge in [-0.1, -0.05) is 36.9 Å². The van der Waals surface area contributed by atoms with Crippen LogP contribution in [0.5, 0.6) is 5.75 Å². The molecule has 0 aliphatic carbocycles. The van der Waals surface area contributed by atoms with Crippen LogP contribution in [0.3, 0.4) is 0 Å². The summed E-state index contributed by atoms with van der Waals surface area (Å²) in [5.74, 6) is 1.53. The number of aryl methyl sites for hydroxylation is 1. The molecule has 0 fully saturated rings. The van der Waals surface area contributed by atoms with Crippen molar-refractivity contribution < 1.29 is 9.47 Å². The summed E-state index contributed by atoms with van der Waals surface area (Å²) in [6, 6.07) is 16.2. The van der Waals surface area contributed by atoms with Crippen LogP contribution in [-0.2, 0) is 11.3 Å². The maximum absolute atomic E-state index is 5.90.